The number of sulfone groups is 1. The summed E-state index contributed by atoms with van der Waals surface area (Å²) in [6.45, 7) is 0. The first-order chi connectivity index (χ1) is 8.80. The maximum Gasteiger partial charge on any atom is 0.337 e. The van der Waals surface area contributed by atoms with Crippen molar-refractivity contribution < 1.29 is 18.3 Å². The summed E-state index contributed by atoms with van der Waals surface area (Å²) in [6.07, 6.45) is 0.583. The van der Waals surface area contributed by atoms with E-state index in [1.54, 1.807) is 19.2 Å². The van der Waals surface area contributed by atoms with Crippen LogP contribution >= 0.6 is 0 Å². The van der Waals surface area contributed by atoms with Crippen molar-refractivity contribution in [3.8, 4) is 0 Å². The molecule has 0 spiro atoms. The molecule has 1 aliphatic heterocycles. The third-order valence-corrected chi connectivity index (χ3v) is 5.18. The SMILES string of the molecule is CN(c1ccc(C(=O)O)c(N)c1)C1CCS(=O)(=O)C1. The minimum Gasteiger partial charge on any atom is -0.478 e. The third kappa shape index (κ3) is 2.81. The van der Waals surface area contributed by atoms with Gasteiger partial charge in [0.15, 0.2) is 9.84 Å². The van der Waals surface area contributed by atoms with E-state index >= 15 is 0 Å². The monoisotopic (exact) mass is 284 g/mol. The number of aromatic carboxylic acids is 1. The molecule has 19 heavy (non-hydrogen) atoms. The van der Waals surface area contributed by atoms with Crippen molar-refractivity contribution in [1.82, 2.24) is 0 Å². The summed E-state index contributed by atoms with van der Waals surface area (Å²) in [5, 5.41) is 8.90. The second-order valence-electron chi connectivity index (χ2n) is 4.74. The molecule has 2 rings (SSSR count). The van der Waals surface area contributed by atoms with Crippen molar-refractivity contribution in [2.24, 2.45) is 0 Å². The van der Waals surface area contributed by atoms with Crippen molar-refractivity contribution in [3.63, 3.8) is 0 Å². The summed E-state index contributed by atoms with van der Waals surface area (Å²) in [7, 11) is -1.15. The number of hydrogen-bond donors (Lipinski definition) is 2. The van der Waals surface area contributed by atoms with Crippen LogP contribution in [0.2, 0.25) is 0 Å². The molecule has 1 atom stereocenters. The Balaban J connectivity index is 2.23. The van der Waals surface area contributed by atoms with Gasteiger partial charge in [-0.15, -0.1) is 0 Å². The van der Waals surface area contributed by atoms with Crippen LogP contribution in [-0.2, 0) is 9.84 Å². The number of carboxylic acids is 1. The number of benzene rings is 1. The molecule has 3 N–H and O–H groups in total. The average molecular weight is 284 g/mol. The summed E-state index contributed by atoms with van der Waals surface area (Å²) in [6, 6.07) is 4.56. The normalized spacial score (nSPS) is 21.2. The summed E-state index contributed by atoms with van der Waals surface area (Å²) < 4.78 is 22.9. The highest BCUT2D eigenvalue weighted by Gasteiger charge is 2.31. The van der Waals surface area contributed by atoms with Gasteiger partial charge < -0.3 is 15.7 Å². The van der Waals surface area contributed by atoms with Gasteiger partial charge in [0, 0.05) is 24.5 Å². The molecule has 1 unspecified atom stereocenters. The van der Waals surface area contributed by atoms with E-state index in [2.05, 4.69) is 0 Å². The van der Waals surface area contributed by atoms with Crippen LogP contribution < -0.4 is 10.6 Å². The second kappa shape index (κ2) is 4.73. The summed E-state index contributed by atoms with van der Waals surface area (Å²) in [5.41, 5.74) is 6.64. The minimum absolute atomic E-state index is 0.0520. The van der Waals surface area contributed by atoms with Gasteiger partial charge in [-0.2, -0.15) is 0 Å². The van der Waals surface area contributed by atoms with E-state index < -0.39 is 15.8 Å². The highest BCUT2D eigenvalue weighted by molar-refractivity contribution is 7.91. The van der Waals surface area contributed by atoms with Crippen molar-refractivity contribution in [2.75, 3.05) is 29.2 Å². The molecule has 0 aliphatic carbocycles. The van der Waals surface area contributed by atoms with Crippen molar-refractivity contribution in [2.45, 2.75) is 12.5 Å². The largest absolute Gasteiger partial charge is 0.478 e. The zero-order valence-corrected chi connectivity index (χ0v) is 11.4. The molecule has 104 valence electrons. The Hall–Kier alpha value is -1.76. The molecule has 0 bridgehead atoms. The first-order valence-electron chi connectivity index (χ1n) is 5.86. The third-order valence-electron chi connectivity index (χ3n) is 3.43. The number of hydrogen-bond acceptors (Lipinski definition) is 5. The zero-order valence-electron chi connectivity index (χ0n) is 10.5. The Morgan fingerprint density at radius 1 is 1.47 bits per heavy atom. The van der Waals surface area contributed by atoms with Gasteiger partial charge in [-0.05, 0) is 24.6 Å². The molecule has 0 aromatic heterocycles. The lowest BCUT2D eigenvalue weighted by Crippen LogP contribution is -2.32. The molecule has 1 fully saturated rings. The van der Waals surface area contributed by atoms with E-state index in [1.165, 1.54) is 6.07 Å². The smallest absolute Gasteiger partial charge is 0.337 e. The van der Waals surface area contributed by atoms with Crippen molar-refractivity contribution >= 4 is 27.2 Å². The second-order valence-corrected chi connectivity index (χ2v) is 6.97. The van der Waals surface area contributed by atoms with Crippen LogP contribution in [0.1, 0.15) is 16.8 Å². The molecule has 6 nitrogen and oxygen atoms in total. The Morgan fingerprint density at radius 2 is 2.16 bits per heavy atom. The number of rotatable bonds is 3. The fourth-order valence-electron chi connectivity index (χ4n) is 2.26. The molecule has 1 heterocycles. The lowest BCUT2D eigenvalue weighted by atomic mass is 10.1. The van der Waals surface area contributed by atoms with Gasteiger partial charge in [-0.25, -0.2) is 13.2 Å². The lowest BCUT2D eigenvalue weighted by molar-refractivity contribution is 0.0698. The van der Waals surface area contributed by atoms with Crippen molar-refractivity contribution in [1.29, 1.82) is 0 Å². The van der Waals surface area contributed by atoms with Crippen LogP contribution in [0.4, 0.5) is 11.4 Å². The molecular weight excluding hydrogens is 268 g/mol. The average Bonchev–Trinajstić information content (AvgIpc) is 2.68. The summed E-state index contributed by atoms with van der Waals surface area (Å²) in [5.74, 6) is -0.746. The van der Waals surface area contributed by atoms with Crippen LogP contribution in [0.5, 0.6) is 0 Å². The van der Waals surface area contributed by atoms with Crippen LogP contribution in [0.3, 0.4) is 0 Å². The van der Waals surface area contributed by atoms with Gasteiger partial charge in [0.25, 0.3) is 0 Å². The van der Waals surface area contributed by atoms with Gasteiger partial charge in [-0.3, -0.25) is 0 Å². The maximum absolute atomic E-state index is 11.5. The van der Waals surface area contributed by atoms with Crippen molar-refractivity contribution in [3.05, 3.63) is 23.8 Å². The number of nitrogen functional groups attached to an aromatic ring is 1. The number of nitrogens with two attached hydrogens (primary N) is 1. The highest BCUT2D eigenvalue weighted by atomic mass is 32.2. The maximum atomic E-state index is 11.5. The molecule has 1 saturated heterocycles. The number of anilines is 2. The predicted molar refractivity (Wildman–Crippen MR) is 73.3 cm³/mol. The van der Waals surface area contributed by atoms with Gasteiger partial charge in [0.1, 0.15) is 0 Å². The Bertz CT molecular complexity index is 612. The number of carboxylic acid groups (broad SMARTS) is 1. The standard InChI is InChI=1S/C12H16N2O4S/c1-14(9-4-5-19(17,18)7-9)8-2-3-10(12(15)16)11(13)6-8/h2-3,6,9H,4-5,7,13H2,1H3,(H,15,16). The molecule has 1 aromatic rings. The molecule has 1 aromatic carbocycles. The molecule has 7 heteroatoms. The fraction of sp³-hybridized carbons (Fsp3) is 0.417. The molecule has 0 radical (unpaired) electrons. The molecule has 0 amide bonds. The highest BCUT2D eigenvalue weighted by Crippen LogP contribution is 2.26. The first-order valence-corrected chi connectivity index (χ1v) is 7.68. The van der Waals surface area contributed by atoms with E-state index in [1.807, 2.05) is 4.90 Å². The van der Waals surface area contributed by atoms with Gasteiger partial charge in [0.05, 0.1) is 17.1 Å². The first kappa shape index (κ1) is 13.7. The van der Waals surface area contributed by atoms with E-state index in [0.29, 0.717) is 6.42 Å². The Kier molecular flexibility index (Phi) is 3.40. The Morgan fingerprint density at radius 3 is 2.63 bits per heavy atom. The van der Waals surface area contributed by atoms with Crippen LogP contribution in [-0.4, -0.2) is 44.1 Å². The minimum atomic E-state index is -2.95. The van der Waals surface area contributed by atoms with E-state index in [-0.39, 0.29) is 28.8 Å². The van der Waals surface area contributed by atoms with E-state index in [0.717, 1.165) is 5.69 Å². The van der Waals surface area contributed by atoms with E-state index in [9.17, 15) is 13.2 Å². The zero-order chi connectivity index (χ0) is 14.2. The fourth-order valence-corrected chi connectivity index (χ4v) is 4.03. The number of carbonyl (C=O) groups is 1. The molecule has 0 saturated carbocycles. The summed E-state index contributed by atoms with van der Waals surface area (Å²) >= 11 is 0. The quantitative estimate of drug-likeness (QED) is 0.788. The lowest BCUT2D eigenvalue weighted by Gasteiger charge is -2.26. The van der Waals surface area contributed by atoms with Gasteiger partial charge >= 0.3 is 5.97 Å². The summed E-state index contributed by atoms with van der Waals surface area (Å²) in [4.78, 5) is 12.7. The molecular formula is C12H16N2O4S. The van der Waals surface area contributed by atoms with Crippen LogP contribution in [0.25, 0.3) is 0 Å². The Labute approximate surface area is 111 Å². The topological polar surface area (TPSA) is 101 Å². The van der Waals surface area contributed by atoms with Crippen LogP contribution in [0.15, 0.2) is 18.2 Å². The van der Waals surface area contributed by atoms with Gasteiger partial charge in [0.2, 0.25) is 0 Å². The molecule has 1 aliphatic rings. The predicted octanol–water partition coefficient (Wildman–Crippen LogP) is 0.590. The van der Waals surface area contributed by atoms with Gasteiger partial charge in [-0.1, -0.05) is 0 Å². The number of nitrogens with zero attached hydrogens (tertiary/aromatic N) is 1. The van der Waals surface area contributed by atoms with E-state index in [4.69, 9.17) is 10.8 Å². The van der Waals surface area contributed by atoms with Crippen LogP contribution in [0, 0.1) is 0 Å².